The second-order valence-corrected chi connectivity index (χ2v) is 6.68. The number of hydrogen-bond acceptors (Lipinski definition) is 4. The third-order valence-electron chi connectivity index (χ3n) is 5.25. The molecule has 0 fully saturated rings. The maximum absolute atomic E-state index is 12.6. The van der Waals surface area contributed by atoms with Gasteiger partial charge in [0.2, 0.25) is 11.8 Å². The van der Waals surface area contributed by atoms with Gasteiger partial charge in [0.05, 0.1) is 5.41 Å². The van der Waals surface area contributed by atoms with E-state index in [1.165, 1.54) is 5.56 Å². The summed E-state index contributed by atoms with van der Waals surface area (Å²) in [5.41, 5.74) is 8.55. The van der Waals surface area contributed by atoms with Crippen molar-refractivity contribution in [3.63, 3.8) is 0 Å². The molecule has 0 saturated heterocycles. The highest BCUT2D eigenvalue weighted by molar-refractivity contribution is 5.82. The van der Waals surface area contributed by atoms with E-state index >= 15 is 0 Å². The van der Waals surface area contributed by atoms with E-state index in [1.54, 1.807) is 6.20 Å². The average molecular weight is 355 g/mol. The number of nitrogens with two attached hydrogens (primary N) is 1. The van der Waals surface area contributed by atoms with Crippen LogP contribution in [0.4, 0.5) is 0 Å². The standard InChI is InChI=1S/C21H29N3O2/c1-5-21(6-2,14-22)20(25)24-13-17-10-11-23-19(12-17)26-18-9-7-8-15(3)16(18)4/h7-12H,5-6,13-14,22H2,1-4H3,(H,24,25). The lowest BCUT2D eigenvalue weighted by Gasteiger charge is -2.28. The van der Waals surface area contributed by atoms with Crippen LogP contribution in [0.5, 0.6) is 11.6 Å². The first-order chi connectivity index (χ1) is 12.5. The Morgan fingerprint density at radius 1 is 1.23 bits per heavy atom. The van der Waals surface area contributed by atoms with Crippen molar-refractivity contribution in [1.82, 2.24) is 10.3 Å². The fourth-order valence-corrected chi connectivity index (χ4v) is 2.89. The van der Waals surface area contributed by atoms with Crippen LogP contribution in [0.25, 0.3) is 0 Å². The van der Waals surface area contributed by atoms with Gasteiger partial charge in [0.1, 0.15) is 5.75 Å². The molecule has 5 nitrogen and oxygen atoms in total. The maximum Gasteiger partial charge on any atom is 0.227 e. The van der Waals surface area contributed by atoms with Gasteiger partial charge in [0.15, 0.2) is 0 Å². The summed E-state index contributed by atoms with van der Waals surface area (Å²) in [4.78, 5) is 16.8. The molecule has 1 aromatic heterocycles. The Hall–Kier alpha value is -2.40. The summed E-state index contributed by atoms with van der Waals surface area (Å²) in [6.07, 6.45) is 3.14. The van der Waals surface area contributed by atoms with Gasteiger partial charge >= 0.3 is 0 Å². The number of benzene rings is 1. The van der Waals surface area contributed by atoms with Crippen LogP contribution in [-0.2, 0) is 11.3 Å². The molecule has 5 heteroatoms. The fourth-order valence-electron chi connectivity index (χ4n) is 2.89. The Bertz CT molecular complexity index is 746. The minimum Gasteiger partial charge on any atom is -0.439 e. The summed E-state index contributed by atoms with van der Waals surface area (Å²) < 4.78 is 5.92. The Morgan fingerprint density at radius 2 is 1.96 bits per heavy atom. The second kappa shape index (κ2) is 8.81. The number of nitrogens with one attached hydrogen (secondary N) is 1. The summed E-state index contributed by atoms with van der Waals surface area (Å²) in [5, 5.41) is 3.00. The molecule has 1 amide bonds. The Kier molecular flexibility index (Phi) is 6.75. The first-order valence-electron chi connectivity index (χ1n) is 9.13. The molecule has 2 rings (SSSR count). The number of amides is 1. The van der Waals surface area contributed by atoms with Crippen LogP contribution in [0.1, 0.15) is 43.4 Å². The van der Waals surface area contributed by atoms with E-state index in [0.717, 1.165) is 29.7 Å². The van der Waals surface area contributed by atoms with Crippen LogP contribution < -0.4 is 15.8 Å². The molecule has 3 N–H and O–H groups in total. The van der Waals surface area contributed by atoms with Crippen LogP contribution in [0, 0.1) is 19.3 Å². The van der Waals surface area contributed by atoms with Gasteiger partial charge in [-0.05, 0) is 55.5 Å². The zero-order valence-electron chi connectivity index (χ0n) is 16.1. The highest BCUT2D eigenvalue weighted by atomic mass is 16.5. The van der Waals surface area contributed by atoms with Crippen molar-refractivity contribution in [2.24, 2.45) is 11.1 Å². The summed E-state index contributed by atoms with van der Waals surface area (Å²) in [6, 6.07) is 9.66. The monoisotopic (exact) mass is 355 g/mol. The molecule has 0 radical (unpaired) electrons. The van der Waals surface area contributed by atoms with Crippen LogP contribution in [0.2, 0.25) is 0 Å². The number of carbonyl (C=O) groups excluding carboxylic acids is 1. The normalized spacial score (nSPS) is 11.3. The van der Waals surface area contributed by atoms with Crippen molar-refractivity contribution < 1.29 is 9.53 Å². The summed E-state index contributed by atoms with van der Waals surface area (Å²) >= 11 is 0. The van der Waals surface area contributed by atoms with Crippen molar-refractivity contribution in [2.75, 3.05) is 6.54 Å². The molecule has 0 bridgehead atoms. The van der Waals surface area contributed by atoms with Gasteiger partial charge in [-0.25, -0.2) is 4.98 Å². The lowest BCUT2D eigenvalue weighted by Crippen LogP contribution is -2.45. The van der Waals surface area contributed by atoms with Crippen molar-refractivity contribution >= 4 is 5.91 Å². The lowest BCUT2D eigenvalue weighted by atomic mass is 9.81. The number of hydrogen-bond donors (Lipinski definition) is 2. The average Bonchev–Trinajstić information content (AvgIpc) is 2.66. The van der Waals surface area contributed by atoms with Crippen molar-refractivity contribution in [1.29, 1.82) is 0 Å². The summed E-state index contributed by atoms with van der Waals surface area (Å²) in [6.45, 7) is 8.84. The molecule has 0 saturated carbocycles. The van der Waals surface area contributed by atoms with Crippen LogP contribution >= 0.6 is 0 Å². The van der Waals surface area contributed by atoms with Gasteiger partial charge in [-0.1, -0.05) is 26.0 Å². The molecule has 0 spiro atoms. The van der Waals surface area contributed by atoms with E-state index in [0.29, 0.717) is 19.0 Å². The molecule has 0 aliphatic heterocycles. The minimum atomic E-state index is -0.495. The number of pyridine rings is 1. The molecule has 26 heavy (non-hydrogen) atoms. The zero-order chi connectivity index (χ0) is 19.2. The highest BCUT2D eigenvalue weighted by Crippen LogP contribution is 2.27. The van der Waals surface area contributed by atoms with Gasteiger partial charge in [0, 0.05) is 25.4 Å². The molecule has 1 aromatic carbocycles. The number of carbonyl (C=O) groups is 1. The summed E-state index contributed by atoms with van der Waals surface area (Å²) in [5.74, 6) is 1.30. The van der Waals surface area contributed by atoms with E-state index in [1.807, 2.05) is 58.0 Å². The topological polar surface area (TPSA) is 77.2 Å². The molecular weight excluding hydrogens is 326 g/mol. The molecule has 0 aliphatic carbocycles. The number of rotatable bonds is 8. The number of nitrogens with zero attached hydrogens (tertiary/aromatic N) is 1. The van der Waals surface area contributed by atoms with Crippen LogP contribution in [-0.4, -0.2) is 17.4 Å². The number of aryl methyl sites for hydroxylation is 1. The quantitative estimate of drug-likeness (QED) is 0.753. The molecular formula is C21H29N3O2. The molecule has 0 unspecified atom stereocenters. The first-order valence-corrected chi connectivity index (χ1v) is 9.13. The Balaban J connectivity index is 2.07. The Labute approximate surface area is 156 Å². The van der Waals surface area contributed by atoms with E-state index in [4.69, 9.17) is 10.5 Å². The van der Waals surface area contributed by atoms with Crippen molar-refractivity contribution in [3.05, 3.63) is 53.2 Å². The Morgan fingerprint density at radius 3 is 2.62 bits per heavy atom. The van der Waals surface area contributed by atoms with E-state index in [9.17, 15) is 4.79 Å². The minimum absolute atomic E-state index is 0.00110. The molecule has 140 valence electrons. The van der Waals surface area contributed by atoms with E-state index < -0.39 is 5.41 Å². The first kappa shape index (κ1) is 19.9. The predicted molar refractivity (Wildman–Crippen MR) is 104 cm³/mol. The number of ether oxygens (including phenoxy) is 1. The van der Waals surface area contributed by atoms with E-state index in [-0.39, 0.29) is 5.91 Å². The predicted octanol–water partition coefficient (Wildman–Crippen LogP) is 3.87. The SMILES string of the molecule is CCC(CC)(CN)C(=O)NCc1ccnc(Oc2cccc(C)c2C)c1. The number of aromatic nitrogens is 1. The smallest absolute Gasteiger partial charge is 0.227 e. The van der Waals surface area contributed by atoms with Gasteiger partial charge in [-0.15, -0.1) is 0 Å². The molecule has 1 heterocycles. The van der Waals surface area contributed by atoms with E-state index in [2.05, 4.69) is 10.3 Å². The third-order valence-corrected chi connectivity index (χ3v) is 5.25. The van der Waals surface area contributed by atoms with Gasteiger partial charge in [0.25, 0.3) is 0 Å². The lowest BCUT2D eigenvalue weighted by molar-refractivity contribution is -0.131. The van der Waals surface area contributed by atoms with Crippen LogP contribution in [0.3, 0.4) is 0 Å². The summed E-state index contributed by atoms with van der Waals surface area (Å²) in [7, 11) is 0. The van der Waals surface area contributed by atoms with Crippen molar-refractivity contribution in [2.45, 2.75) is 47.1 Å². The molecule has 2 aromatic rings. The second-order valence-electron chi connectivity index (χ2n) is 6.68. The van der Waals surface area contributed by atoms with Crippen molar-refractivity contribution in [3.8, 4) is 11.6 Å². The van der Waals surface area contributed by atoms with Gasteiger partial charge < -0.3 is 15.8 Å². The third kappa shape index (κ3) is 4.41. The molecule has 0 atom stereocenters. The molecule has 0 aliphatic rings. The fraction of sp³-hybridized carbons (Fsp3) is 0.429. The largest absolute Gasteiger partial charge is 0.439 e. The van der Waals surface area contributed by atoms with Gasteiger partial charge in [-0.2, -0.15) is 0 Å². The van der Waals surface area contributed by atoms with Gasteiger partial charge in [-0.3, -0.25) is 4.79 Å². The maximum atomic E-state index is 12.6. The van der Waals surface area contributed by atoms with Crippen LogP contribution in [0.15, 0.2) is 36.5 Å². The zero-order valence-corrected chi connectivity index (χ0v) is 16.1. The highest BCUT2D eigenvalue weighted by Gasteiger charge is 2.32.